The molecule has 0 bridgehead atoms. The van der Waals surface area contributed by atoms with Crippen molar-refractivity contribution < 1.29 is 21.7 Å². The van der Waals surface area contributed by atoms with Gasteiger partial charge < -0.3 is 27.0 Å². The van der Waals surface area contributed by atoms with Crippen LogP contribution in [0.1, 0.15) is 18.4 Å². The normalized spacial score (nSPS) is 19.4. The summed E-state index contributed by atoms with van der Waals surface area (Å²) in [6.07, 6.45) is 3.59. The molecule has 0 spiro atoms. The lowest BCUT2D eigenvalue weighted by molar-refractivity contribution is -0.904. The molecular formula is C21H24Cl3N3O. The van der Waals surface area contributed by atoms with Crippen molar-refractivity contribution in [3.8, 4) is 0 Å². The van der Waals surface area contributed by atoms with E-state index in [0.29, 0.717) is 16.1 Å². The molecule has 1 fully saturated rings. The van der Waals surface area contributed by atoms with E-state index in [1.165, 1.54) is 31.5 Å². The third-order valence-corrected chi connectivity index (χ3v) is 6.11. The largest absolute Gasteiger partial charge is 1.00 e. The summed E-state index contributed by atoms with van der Waals surface area (Å²) in [6.45, 7) is 4.38. The van der Waals surface area contributed by atoms with Crippen LogP contribution in [0.15, 0.2) is 46.9 Å². The minimum absolute atomic E-state index is 0. The Hall–Kier alpha value is -1.46. The highest BCUT2D eigenvalue weighted by molar-refractivity contribution is 6.42. The Labute approximate surface area is 181 Å². The Morgan fingerprint density at radius 3 is 2.61 bits per heavy atom. The minimum atomic E-state index is 0. The number of nitrogens with zero attached hydrogens (tertiary/aromatic N) is 1. The smallest absolute Gasteiger partial charge is 0.295 e. The van der Waals surface area contributed by atoms with Gasteiger partial charge >= 0.3 is 0 Å². The average molecular weight is 441 g/mol. The maximum Gasteiger partial charge on any atom is 0.295 e. The van der Waals surface area contributed by atoms with E-state index < -0.39 is 0 Å². The third-order valence-electron chi connectivity index (χ3n) is 5.37. The second-order valence-electron chi connectivity index (χ2n) is 7.31. The number of oxazole rings is 1. The Balaban J connectivity index is 0.00000225. The van der Waals surface area contributed by atoms with Crippen LogP contribution in [0.3, 0.4) is 0 Å². The van der Waals surface area contributed by atoms with Gasteiger partial charge in [0.1, 0.15) is 5.52 Å². The highest BCUT2D eigenvalue weighted by atomic mass is 35.5. The number of halogens is 3. The first-order valence-corrected chi connectivity index (χ1v) is 10.3. The van der Waals surface area contributed by atoms with Gasteiger partial charge in [-0.3, -0.25) is 0 Å². The third kappa shape index (κ3) is 5.32. The van der Waals surface area contributed by atoms with Gasteiger partial charge in [-0.1, -0.05) is 41.4 Å². The van der Waals surface area contributed by atoms with E-state index in [1.54, 1.807) is 4.90 Å². The molecule has 7 heteroatoms. The Morgan fingerprint density at radius 2 is 1.86 bits per heavy atom. The van der Waals surface area contributed by atoms with Crippen LogP contribution in [0.25, 0.3) is 11.1 Å². The molecule has 0 unspecified atom stereocenters. The van der Waals surface area contributed by atoms with E-state index in [0.717, 1.165) is 36.5 Å². The van der Waals surface area contributed by atoms with E-state index in [-0.39, 0.29) is 12.4 Å². The molecule has 0 aliphatic carbocycles. The quantitative estimate of drug-likeness (QED) is 0.603. The molecule has 28 heavy (non-hydrogen) atoms. The molecule has 2 N–H and O–H groups in total. The zero-order valence-electron chi connectivity index (χ0n) is 15.6. The SMILES string of the molecule is Clc1ccc(CC2CC[NH+](CCNc3nc4ccccc4o3)CC2)cc1Cl.[Cl-]. The summed E-state index contributed by atoms with van der Waals surface area (Å²) in [5, 5.41) is 4.60. The van der Waals surface area contributed by atoms with Crippen molar-refractivity contribution in [2.75, 3.05) is 31.5 Å². The number of anilines is 1. The molecule has 4 rings (SSSR count). The minimum Gasteiger partial charge on any atom is -1.00 e. The summed E-state index contributed by atoms with van der Waals surface area (Å²) in [7, 11) is 0. The number of quaternary nitrogens is 1. The fraction of sp³-hybridized carbons (Fsp3) is 0.381. The van der Waals surface area contributed by atoms with Crippen LogP contribution in [0.4, 0.5) is 6.01 Å². The van der Waals surface area contributed by atoms with Crippen molar-refractivity contribution in [1.29, 1.82) is 0 Å². The van der Waals surface area contributed by atoms with Gasteiger partial charge in [0.25, 0.3) is 6.01 Å². The van der Waals surface area contributed by atoms with Crippen molar-refractivity contribution in [2.24, 2.45) is 5.92 Å². The zero-order valence-corrected chi connectivity index (χ0v) is 17.8. The number of para-hydroxylation sites is 2. The van der Waals surface area contributed by atoms with Crippen molar-refractivity contribution in [3.05, 3.63) is 58.1 Å². The van der Waals surface area contributed by atoms with Crippen LogP contribution >= 0.6 is 23.2 Å². The van der Waals surface area contributed by atoms with Gasteiger partial charge in [-0.15, -0.1) is 0 Å². The molecule has 2 aromatic carbocycles. The van der Waals surface area contributed by atoms with Gasteiger partial charge in [-0.2, -0.15) is 4.98 Å². The van der Waals surface area contributed by atoms with E-state index in [1.807, 2.05) is 36.4 Å². The number of piperidine rings is 1. The van der Waals surface area contributed by atoms with Crippen LogP contribution in [-0.2, 0) is 6.42 Å². The van der Waals surface area contributed by atoms with Crippen molar-refractivity contribution in [3.63, 3.8) is 0 Å². The number of likely N-dealkylation sites (tertiary alicyclic amines) is 1. The summed E-state index contributed by atoms with van der Waals surface area (Å²) in [4.78, 5) is 6.10. The fourth-order valence-corrected chi connectivity index (χ4v) is 4.15. The van der Waals surface area contributed by atoms with Crippen molar-refractivity contribution in [1.82, 2.24) is 4.98 Å². The molecule has 0 atom stereocenters. The van der Waals surface area contributed by atoms with Crippen LogP contribution in [-0.4, -0.2) is 31.2 Å². The number of hydrogen-bond acceptors (Lipinski definition) is 3. The van der Waals surface area contributed by atoms with Crippen molar-refractivity contribution in [2.45, 2.75) is 19.3 Å². The number of hydrogen-bond donors (Lipinski definition) is 2. The lowest BCUT2D eigenvalue weighted by Crippen LogP contribution is -3.13. The summed E-state index contributed by atoms with van der Waals surface area (Å²) in [6, 6.07) is 14.5. The number of rotatable bonds is 6. The summed E-state index contributed by atoms with van der Waals surface area (Å²) < 4.78 is 5.71. The summed E-state index contributed by atoms with van der Waals surface area (Å²) in [5.74, 6) is 0.732. The number of fused-ring (bicyclic) bond motifs is 1. The van der Waals surface area contributed by atoms with E-state index >= 15 is 0 Å². The van der Waals surface area contributed by atoms with Gasteiger partial charge in [-0.25, -0.2) is 0 Å². The molecule has 0 radical (unpaired) electrons. The lowest BCUT2D eigenvalue weighted by atomic mass is 9.90. The predicted molar refractivity (Wildman–Crippen MR) is 111 cm³/mol. The first kappa shape index (κ1) is 21.3. The van der Waals surface area contributed by atoms with Gasteiger partial charge in [0, 0.05) is 0 Å². The number of benzene rings is 2. The van der Waals surface area contributed by atoms with Crippen LogP contribution in [0.5, 0.6) is 0 Å². The van der Waals surface area contributed by atoms with Gasteiger partial charge in [-0.05, 0) is 55.0 Å². The van der Waals surface area contributed by atoms with Gasteiger partial charge in [0.2, 0.25) is 0 Å². The first-order valence-electron chi connectivity index (χ1n) is 9.54. The maximum atomic E-state index is 6.13. The van der Waals surface area contributed by atoms with Gasteiger partial charge in [0.05, 0.1) is 36.2 Å². The standard InChI is InChI=1S/C21H23Cl2N3O.ClH/c22-17-6-5-16(14-18(17)23)13-15-7-10-26(11-8-15)12-9-24-21-25-19-3-1-2-4-20(19)27-21;/h1-6,14-15H,7-13H2,(H,24,25);1H. The van der Waals surface area contributed by atoms with Crippen molar-refractivity contribution >= 4 is 40.3 Å². The molecule has 0 saturated carbocycles. The number of aromatic nitrogens is 1. The fourth-order valence-electron chi connectivity index (χ4n) is 3.83. The van der Waals surface area contributed by atoms with Crippen LogP contribution < -0.4 is 22.6 Å². The topological polar surface area (TPSA) is 42.5 Å². The first-order chi connectivity index (χ1) is 13.2. The summed E-state index contributed by atoms with van der Waals surface area (Å²) >= 11 is 12.1. The molecule has 150 valence electrons. The highest BCUT2D eigenvalue weighted by Crippen LogP contribution is 2.25. The zero-order chi connectivity index (χ0) is 18.6. The predicted octanol–water partition coefficient (Wildman–Crippen LogP) is 1.09. The Kier molecular flexibility index (Phi) is 7.47. The molecular weight excluding hydrogens is 417 g/mol. The maximum absolute atomic E-state index is 6.13. The molecule has 1 saturated heterocycles. The second-order valence-corrected chi connectivity index (χ2v) is 8.12. The number of nitrogens with one attached hydrogen (secondary N) is 2. The lowest BCUT2D eigenvalue weighted by Gasteiger charge is -2.29. The van der Waals surface area contributed by atoms with E-state index in [4.69, 9.17) is 27.6 Å². The van der Waals surface area contributed by atoms with E-state index in [9.17, 15) is 0 Å². The molecule has 1 aliphatic rings. The molecule has 3 aromatic rings. The Bertz CT molecular complexity index is 874. The summed E-state index contributed by atoms with van der Waals surface area (Å²) in [5.41, 5.74) is 3.02. The molecule has 4 nitrogen and oxygen atoms in total. The second kappa shape index (κ2) is 9.84. The van der Waals surface area contributed by atoms with E-state index in [2.05, 4.69) is 16.4 Å². The highest BCUT2D eigenvalue weighted by Gasteiger charge is 2.22. The molecule has 1 aliphatic heterocycles. The van der Waals surface area contributed by atoms with Crippen LogP contribution in [0, 0.1) is 5.92 Å². The molecule has 2 heterocycles. The molecule has 0 amide bonds. The molecule has 1 aromatic heterocycles. The van der Waals surface area contributed by atoms with Gasteiger partial charge in [0.15, 0.2) is 5.58 Å². The Morgan fingerprint density at radius 1 is 1.07 bits per heavy atom. The average Bonchev–Trinajstić information content (AvgIpc) is 3.09. The van der Waals surface area contributed by atoms with Crippen LogP contribution in [0.2, 0.25) is 10.0 Å². The monoisotopic (exact) mass is 439 g/mol.